The van der Waals surface area contributed by atoms with Crippen LogP contribution in [0.2, 0.25) is 0 Å². The van der Waals surface area contributed by atoms with Crippen LogP contribution in [0, 0.1) is 0 Å². The Balaban J connectivity index is 1.43. The van der Waals surface area contributed by atoms with E-state index in [2.05, 4.69) is 6.07 Å². The van der Waals surface area contributed by atoms with Crippen molar-refractivity contribution >= 4 is 37.5 Å². The van der Waals surface area contributed by atoms with Crippen molar-refractivity contribution in [1.82, 2.24) is 14.2 Å². The van der Waals surface area contributed by atoms with Crippen LogP contribution in [-0.2, 0) is 14.8 Å². The zero-order valence-electron chi connectivity index (χ0n) is 15.5. The minimum Gasteiger partial charge on any atom is -0.341 e. The number of carbonyl (C=O) groups excluding carboxylic acids is 1. The molecule has 8 heteroatoms. The quantitative estimate of drug-likeness (QED) is 0.784. The summed E-state index contributed by atoms with van der Waals surface area (Å²) < 4.78 is 26.7. The molecule has 1 amide bonds. The Morgan fingerprint density at radius 2 is 1.85 bits per heavy atom. The maximum Gasteiger partial charge on any atom is 0.241 e. The van der Waals surface area contributed by atoms with Crippen LogP contribution < -0.4 is 0 Å². The number of thiazole rings is 1. The van der Waals surface area contributed by atoms with Gasteiger partial charge in [0.1, 0.15) is 6.04 Å². The van der Waals surface area contributed by atoms with Gasteiger partial charge in [0.05, 0.1) is 21.5 Å². The van der Waals surface area contributed by atoms with Crippen LogP contribution in [0.15, 0.2) is 24.3 Å². The van der Waals surface area contributed by atoms with Crippen molar-refractivity contribution in [2.24, 2.45) is 0 Å². The molecule has 2 aliphatic rings. The summed E-state index contributed by atoms with van der Waals surface area (Å²) in [4.78, 5) is 19.6. The van der Waals surface area contributed by atoms with Crippen LogP contribution in [0.25, 0.3) is 10.2 Å². The minimum absolute atomic E-state index is 0.0251. The molecule has 4 rings (SSSR count). The first-order chi connectivity index (χ1) is 12.9. The largest absolute Gasteiger partial charge is 0.341 e. The molecule has 6 nitrogen and oxygen atoms in total. The van der Waals surface area contributed by atoms with Gasteiger partial charge >= 0.3 is 0 Å². The van der Waals surface area contributed by atoms with Crippen molar-refractivity contribution in [3.05, 3.63) is 29.3 Å². The van der Waals surface area contributed by atoms with Crippen molar-refractivity contribution in [2.45, 2.75) is 44.1 Å². The van der Waals surface area contributed by atoms with E-state index in [-0.39, 0.29) is 5.91 Å². The van der Waals surface area contributed by atoms with Gasteiger partial charge in [0.2, 0.25) is 15.9 Å². The van der Waals surface area contributed by atoms with Gasteiger partial charge in [-0.3, -0.25) is 4.79 Å². The lowest BCUT2D eigenvalue weighted by Gasteiger charge is -2.38. The van der Waals surface area contributed by atoms with Crippen LogP contribution in [0.5, 0.6) is 0 Å². The number of aromatic nitrogens is 1. The highest BCUT2D eigenvalue weighted by molar-refractivity contribution is 7.88. The van der Waals surface area contributed by atoms with Crippen LogP contribution in [0.3, 0.4) is 0 Å². The number of para-hydroxylation sites is 1. The SMILES string of the molecule is CS(=O)(=O)N1CCCCC1C(=O)N1CCC(c2nc3ccccc3s2)CC1. The summed E-state index contributed by atoms with van der Waals surface area (Å²) in [7, 11) is -3.35. The van der Waals surface area contributed by atoms with Gasteiger partial charge in [0.25, 0.3) is 0 Å². The molecule has 0 radical (unpaired) electrons. The van der Waals surface area contributed by atoms with E-state index in [1.807, 2.05) is 23.1 Å². The molecule has 2 aromatic rings. The third-order valence-electron chi connectivity index (χ3n) is 5.63. The third kappa shape index (κ3) is 3.88. The van der Waals surface area contributed by atoms with Crippen LogP contribution in [-0.4, -0.2) is 60.4 Å². The average molecular weight is 408 g/mol. The molecule has 1 aromatic heterocycles. The highest BCUT2D eigenvalue weighted by atomic mass is 32.2. The monoisotopic (exact) mass is 407 g/mol. The fraction of sp³-hybridized carbons (Fsp3) is 0.579. The van der Waals surface area contributed by atoms with Crippen LogP contribution >= 0.6 is 11.3 Å². The number of fused-ring (bicyclic) bond motifs is 1. The van der Waals surface area contributed by atoms with Crippen LogP contribution in [0.4, 0.5) is 0 Å². The summed E-state index contributed by atoms with van der Waals surface area (Å²) in [5, 5.41) is 1.15. The molecule has 0 saturated carbocycles. The van der Waals surface area contributed by atoms with E-state index in [4.69, 9.17) is 4.98 Å². The zero-order valence-corrected chi connectivity index (χ0v) is 17.1. The van der Waals surface area contributed by atoms with Gasteiger partial charge in [-0.1, -0.05) is 18.6 Å². The lowest BCUT2D eigenvalue weighted by atomic mass is 9.96. The van der Waals surface area contributed by atoms with Crippen molar-refractivity contribution < 1.29 is 13.2 Å². The second-order valence-electron chi connectivity index (χ2n) is 7.50. The Morgan fingerprint density at radius 1 is 1.11 bits per heavy atom. The maximum atomic E-state index is 13.0. The number of nitrogens with zero attached hydrogens (tertiary/aromatic N) is 3. The summed E-state index contributed by atoms with van der Waals surface area (Å²) in [6.45, 7) is 1.80. The Bertz CT molecular complexity index is 900. The fourth-order valence-electron chi connectivity index (χ4n) is 4.17. The van der Waals surface area contributed by atoms with Gasteiger partial charge in [-0.15, -0.1) is 11.3 Å². The van der Waals surface area contributed by atoms with E-state index < -0.39 is 16.1 Å². The molecule has 0 aliphatic carbocycles. The Hall–Kier alpha value is -1.51. The molecular formula is C19H25N3O3S2. The molecule has 1 unspecified atom stereocenters. The Kier molecular flexibility index (Phi) is 5.22. The lowest BCUT2D eigenvalue weighted by molar-refractivity contribution is -0.137. The van der Waals surface area contributed by atoms with E-state index in [9.17, 15) is 13.2 Å². The van der Waals surface area contributed by atoms with Gasteiger partial charge in [0, 0.05) is 25.6 Å². The molecule has 0 N–H and O–H groups in total. The molecule has 0 spiro atoms. The predicted octanol–water partition coefficient (Wildman–Crippen LogP) is 2.82. The molecule has 1 atom stereocenters. The van der Waals surface area contributed by atoms with Gasteiger partial charge in [-0.25, -0.2) is 13.4 Å². The van der Waals surface area contributed by atoms with Crippen molar-refractivity contribution in [2.75, 3.05) is 25.9 Å². The van der Waals surface area contributed by atoms with Gasteiger partial charge in [0.15, 0.2) is 0 Å². The molecule has 2 fully saturated rings. The number of amides is 1. The molecule has 146 valence electrons. The van der Waals surface area contributed by atoms with E-state index in [0.29, 0.717) is 32.0 Å². The molecule has 27 heavy (non-hydrogen) atoms. The molecule has 2 aliphatic heterocycles. The van der Waals surface area contributed by atoms with Gasteiger partial charge in [-0.2, -0.15) is 4.31 Å². The number of benzene rings is 1. The summed E-state index contributed by atoms with van der Waals surface area (Å²) in [6.07, 6.45) is 5.34. The van der Waals surface area contributed by atoms with E-state index in [1.54, 1.807) is 11.3 Å². The summed E-state index contributed by atoms with van der Waals surface area (Å²) in [5.74, 6) is 0.353. The lowest BCUT2D eigenvalue weighted by Crippen LogP contribution is -2.53. The number of likely N-dealkylation sites (tertiary alicyclic amines) is 1. The Morgan fingerprint density at radius 3 is 2.56 bits per heavy atom. The number of rotatable bonds is 3. The number of piperidine rings is 2. The first-order valence-corrected chi connectivity index (χ1v) is 12.2. The van der Waals surface area contributed by atoms with Crippen molar-refractivity contribution in [3.63, 3.8) is 0 Å². The normalized spacial score (nSPS) is 23.0. The second-order valence-corrected chi connectivity index (χ2v) is 10.5. The van der Waals surface area contributed by atoms with E-state index in [1.165, 1.54) is 15.3 Å². The molecule has 0 bridgehead atoms. The Labute approximate surface area is 164 Å². The summed E-state index contributed by atoms with van der Waals surface area (Å²) in [6, 6.07) is 7.65. The first kappa shape index (κ1) is 18.8. The number of hydrogen-bond donors (Lipinski definition) is 0. The molecule has 1 aromatic carbocycles. The molecule has 3 heterocycles. The predicted molar refractivity (Wildman–Crippen MR) is 107 cm³/mol. The molecule has 2 saturated heterocycles. The van der Waals surface area contributed by atoms with Gasteiger partial charge in [-0.05, 0) is 37.8 Å². The van der Waals surface area contributed by atoms with E-state index >= 15 is 0 Å². The minimum atomic E-state index is -3.35. The topological polar surface area (TPSA) is 70.6 Å². The zero-order chi connectivity index (χ0) is 19.0. The average Bonchev–Trinajstić information content (AvgIpc) is 3.11. The highest BCUT2D eigenvalue weighted by Gasteiger charge is 2.38. The molecular weight excluding hydrogens is 382 g/mol. The third-order valence-corrected chi connectivity index (χ3v) is 8.12. The highest BCUT2D eigenvalue weighted by Crippen LogP contribution is 2.34. The van der Waals surface area contributed by atoms with Gasteiger partial charge < -0.3 is 4.90 Å². The summed E-state index contributed by atoms with van der Waals surface area (Å²) >= 11 is 1.74. The van der Waals surface area contributed by atoms with Crippen LogP contribution in [0.1, 0.15) is 43.0 Å². The second kappa shape index (κ2) is 7.48. The number of carbonyl (C=O) groups is 1. The first-order valence-electron chi connectivity index (χ1n) is 9.54. The summed E-state index contributed by atoms with van der Waals surface area (Å²) in [5.41, 5.74) is 1.04. The van der Waals surface area contributed by atoms with Crippen molar-refractivity contribution in [3.8, 4) is 0 Å². The van der Waals surface area contributed by atoms with E-state index in [0.717, 1.165) is 36.2 Å². The maximum absolute atomic E-state index is 13.0. The fourth-order valence-corrected chi connectivity index (χ4v) is 6.43. The number of hydrogen-bond acceptors (Lipinski definition) is 5. The van der Waals surface area contributed by atoms with Crippen molar-refractivity contribution in [1.29, 1.82) is 0 Å². The number of sulfonamides is 1. The smallest absolute Gasteiger partial charge is 0.241 e. The standard InChI is InChI=1S/C19H25N3O3S2/c1-27(24,25)22-11-5-4-7-16(22)19(23)21-12-9-14(10-13-21)18-20-15-6-2-3-8-17(15)26-18/h2-3,6,8,14,16H,4-5,7,9-13H2,1H3.